The Labute approximate surface area is 115 Å². The number of hydrogen-bond donors (Lipinski definition) is 1. The number of carbonyl (C=O) groups excluding carboxylic acids is 1. The van der Waals surface area contributed by atoms with Gasteiger partial charge in [-0.05, 0) is 49.3 Å². The molecule has 1 amide bonds. The second-order valence-corrected chi connectivity index (χ2v) is 5.90. The van der Waals surface area contributed by atoms with E-state index >= 15 is 0 Å². The minimum absolute atomic E-state index is 0.134. The molecule has 1 N–H and O–H groups in total. The van der Waals surface area contributed by atoms with Gasteiger partial charge in [-0.1, -0.05) is 22.0 Å². The fourth-order valence-electron chi connectivity index (χ4n) is 2.06. The van der Waals surface area contributed by atoms with Crippen molar-refractivity contribution in [1.29, 1.82) is 0 Å². The van der Waals surface area contributed by atoms with Gasteiger partial charge in [0.1, 0.15) is 5.82 Å². The molecule has 0 radical (unpaired) electrons. The van der Waals surface area contributed by atoms with Crippen LogP contribution < -0.4 is 5.32 Å². The second-order valence-electron chi connectivity index (χ2n) is 5.10. The normalized spacial score (nSPS) is 16.4. The van der Waals surface area contributed by atoms with E-state index in [1.54, 1.807) is 19.1 Å². The van der Waals surface area contributed by atoms with Gasteiger partial charge in [0.15, 0.2) is 0 Å². The summed E-state index contributed by atoms with van der Waals surface area (Å²) >= 11 is 3.42. The van der Waals surface area contributed by atoms with E-state index in [2.05, 4.69) is 21.2 Å². The lowest BCUT2D eigenvalue weighted by Gasteiger charge is -2.14. The average molecular weight is 314 g/mol. The number of benzene rings is 1. The first-order valence-electron chi connectivity index (χ1n) is 6.17. The van der Waals surface area contributed by atoms with Gasteiger partial charge in [0.2, 0.25) is 0 Å². The van der Waals surface area contributed by atoms with E-state index in [9.17, 15) is 9.18 Å². The summed E-state index contributed by atoms with van der Waals surface area (Å²) in [5.74, 6) is -0.758. The Kier molecular flexibility index (Phi) is 4.05. The van der Waals surface area contributed by atoms with Crippen molar-refractivity contribution in [1.82, 2.24) is 5.32 Å². The number of amides is 1. The van der Waals surface area contributed by atoms with Gasteiger partial charge in [0.25, 0.3) is 5.91 Å². The molecule has 0 bridgehead atoms. The van der Waals surface area contributed by atoms with Crippen LogP contribution in [-0.4, -0.2) is 17.8 Å². The largest absolute Gasteiger partial charge is 0.351 e. The topological polar surface area (TPSA) is 29.1 Å². The van der Waals surface area contributed by atoms with Gasteiger partial charge < -0.3 is 5.32 Å². The smallest absolute Gasteiger partial charge is 0.254 e. The first-order chi connectivity index (χ1) is 8.56. The molecular formula is C14H17BrFNO. The van der Waals surface area contributed by atoms with Crippen molar-refractivity contribution in [2.75, 3.05) is 11.9 Å². The van der Waals surface area contributed by atoms with Crippen molar-refractivity contribution in [3.8, 4) is 0 Å². The number of aryl methyl sites for hydroxylation is 1. The molecule has 4 heteroatoms. The molecular weight excluding hydrogens is 297 g/mol. The SMILES string of the molecule is Cc1ccc(C(=O)NCC2(CCBr)CC2)c(F)c1. The molecule has 2 rings (SSSR count). The highest BCUT2D eigenvalue weighted by Crippen LogP contribution is 2.48. The molecule has 1 aliphatic carbocycles. The van der Waals surface area contributed by atoms with E-state index in [0.717, 1.165) is 30.2 Å². The maximum absolute atomic E-state index is 13.6. The van der Waals surface area contributed by atoms with Crippen molar-refractivity contribution < 1.29 is 9.18 Å². The van der Waals surface area contributed by atoms with Crippen LogP contribution in [0, 0.1) is 18.2 Å². The lowest BCUT2D eigenvalue weighted by Crippen LogP contribution is -2.31. The van der Waals surface area contributed by atoms with Crippen LogP contribution >= 0.6 is 15.9 Å². The molecule has 1 fully saturated rings. The first-order valence-corrected chi connectivity index (χ1v) is 7.29. The highest BCUT2D eigenvalue weighted by molar-refractivity contribution is 9.09. The molecule has 1 aromatic carbocycles. The Morgan fingerprint density at radius 2 is 2.22 bits per heavy atom. The summed E-state index contributed by atoms with van der Waals surface area (Å²) < 4.78 is 13.6. The van der Waals surface area contributed by atoms with Crippen molar-refractivity contribution >= 4 is 21.8 Å². The number of hydrogen-bond acceptors (Lipinski definition) is 1. The zero-order valence-electron chi connectivity index (χ0n) is 10.4. The highest BCUT2D eigenvalue weighted by atomic mass is 79.9. The van der Waals surface area contributed by atoms with Gasteiger partial charge in [-0.25, -0.2) is 4.39 Å². The third kappa shape index (κ3) is 3.10. The molecule has 0 saturated heterocycles. The first kappa shape index (κ1) is 13.5. The summed E-state index contributed by atoms with van der Waals surface area (Å²) in [5.41, 5.74) is 1.21. The third-order valence-electron chi connectivity index (χ3n) is 3.58. The predicted octanol–water partition coefficient (Wildman–Crippen LogP) is 3.43. The Morgan fingerprint density at radius 3 is 2.78 bits per heavy atom. The number of halogens is 2. The Bertz CT molecular complexity index is 457. The lowest BCUT2D eigenvalue weighted by molar-refractivity contribution is 0.0940. The Hall–Kier alpha value is -0.900. The Morgan fingerprint density at radius 1 is 1.50 bits per heavy atom. The average Bonchev–Trinajstić information content (AvgIpc) is 3.07. The molecule has 1 aliphatic rings. The molecule has 0 atom stereocenters. The molecule has 0 unspecified atom stereocenters. The van der Waals surface area contributed by atoms with E-state index < -0.39 is 5.82 Å². The summed E-state index contributed by atoms with van der Waals surface area (Å²) in [6, 6.07) is 4.69. The van der Waals surface area contributed by atoms with Crippen LogP contribution in [0.25, 0.3) is 0 Å². The van der Waals surface area contributed by atoms with E-state index in [4.69, 9.17) is 0 Å². The van der Waals surface area contributed by atoms with Crippen molar-refractivity contribution in [2.45, 2.75) is 26.2 Å². The molecule has 0 aliphatic heterocycles. The number of alkyl halides is 1. The van der Waals surface area contributed by atoms with Crippen LogP contribution in [0.5, 0.6) is 0 Å². The number of nitrogens with one attached hydrogen (secondary N) is 1. The van der Waals surface area contributed by atoms with Gasteiger partial charge in [-0.2, -0.15) is 0 Å². The molecule has 1 aromatic rings. The highest BCUT2D eigenvalue weighted by Gasteiger charge is 2.41. The second kappa shape index (κ2) is 5.39. The van der Waals surface area contributed by atoms with E-state index in [1.807, 2.05) is 0 Å². The predicted molar refractivity (Wildman–Crippen MR) is 73.5 cm³/mol. The standard InChI is InChI=1S/C14H17BrFNO/c1-10-2-3-11(12(16)8-10)13(18)17-9-14(4-5-14)6-7-15/h2-3,8H,4-7,9H2,1H3,(H,17,18). The maximum atomic E-state index is 13.6. The minimum atomic E-state index is -0.446. The van der Waals surface area contributed by atoms with Crippen LogP contribution in [0.15, 0.2) is 18.2 Å². The molecule has 0 spiro atoms. The van der Waals surface area contributed by atoms with Crippen LogP contribution in [0.3, 0.4) is 0 Å². The monoisotopic (exact) mass is 313 g/mol. The van der Waals surface area contributed by atoms with Crippen LogP contribution in [0.2, 0.25) is 0 Å². The fraction of sp³-hybridized carbons (Fsp3) is 0.500. The van der Waals surface area contributed by atoms with Gasteiger partial charge in [-0.15, -0.1) is 0 Å². The quantitative estimate of drug-likeness (QED) is 0.829. The molecule has 0 aromatic heterocycles. The van der Waals surface area contributed by atoms with Crippen molar-refractivity contribution in [3.05, 3.63) is 35.1 Å². The lowest BCUT2D eigenvalue weighted by atomic mass is 10.0. The van der Waals surface area contributed by atoms with E-state index in [-0.39, 0.29) is 16.9 Å². The summed E-state index contributed by atoms with van der Waals surface area (Å²) in [6.07, 6.45) is 3.36. The van der Waals surface area contributed by atoms with Crippen LogP contribution in [0.4, 0.5) is 4.39 Å². The zero-order valence-corrected chi connectivity index (χ0v) is 12.0. The summed E-state index contributed by atoms with van der Waals surface area (Å²) in [7, 11) is 0. The number of rotatable bonds is 5. The molecule has 18 heavy (non-hydrogen) atoms. The van der Waals surface area contributed by atoms with Gasteiger partial charge in [-0.3, -0.25) is 4.79 Å². The van der Waals surface area contributed by atoms with Gasteiger partial charge in [0.05, 0.1) is 5.56 Å². The fourth-order valence-corrected chi connectivity index (χ4v) is 2.90. The van der Waals surface area contributed by atoms with Gasteiger partial charge in [0, 0.05) is 11.9 Å². The van der Waals surface area contributed by atoms with E-state index in [0.29, 0.717) is 6.54 Å². The zero-order chi connectivity index (χ0) is 13.2. The maximum Gasteiger partial charge on any atom is 0.254 e. The Balaban J connectivity index is 1.96. The van der Waals surface area contributed by atoms with Crippen molar-refractivity contribution in [3.63, 3.8) is 0 Å². The number of carbonyl (C=O) groups is 1. The molecule has 2 nitrogen and oxygen atoms in total. The molecule has 0 heterocycles. The van der Waals surface area contributed by atoms with Gasteiger partial charge >= 0.3 is 0 Å². The summed E-state index contributed by atoms with van der Waals surface area (Å²) in [5, 5.41) is 3.79. The molecule has 1 saturated carbocycles. The van der Waals surface area contributed by atoms with E-state index in [1.165, 1.54) is 6.07 Å². The minimum Gasteiger partial charge on any atom is -0.351 e. The summed E-state index contributed by atoms with van der Waals surface area (Å²) in [4.78, 5) is 11.9. The third-order valence-corrected chi connectivity index (χ3v) is 3.97. The molecule has 98 valence electrons. The van der Waals surface area contributed by atoms with Crippen LogP contribution in [0.1, 0.15) is 35.2 Å². The summed E-state index contributed by atoms with van der Waals surface area (Å²) in [6.45, 7) is 2.45. The van der Waals surface area contributed by atoms with Crippen molar-refractivity contribution in [2.24, 2.45) is 5.41 Å². The van der Waals surface area contributed by atoms with Crippen LogP contribution in [-0.2, 0) is 0 Å².